The molecular formula is C15H15N3O5. The van der Waals surface area contributed by atoms with Crippen LogP contribution in [0.5, 0.6) is 17.2 Å². The fourth-order valence-electron chi connectivity index (χ4n) is 2.12. The molecule has 0 aromatic heterocycles. The molecule has 0 saturated heterocycles. The van der Waals surface area contributed by atoms with Crippen LogP contribution in [0.25, 0.3) is 0 Å². The van der Waals surface area contributed by atoms with Gasteiger partial charge in [-0.15, -0.1) is 0 Å². The number of phenols is 1. The highest BCUT2D eigenvalue weighted by molar-refractivity contribution is 6.16. The molecule has 2 aromatic carbocycles. The van der Waals surface area contributed by atoms with Crippen molar-refractivity contribution < 1.29 is 19.5 Å². The number of rotatable bonds is 5. The number of methoxy groups -OCH3 is 2. The Kier molecular flexibility index (Phi) is 4.65. The number of phenolic OH excluding ortho intramolecular Hbond substituents is 1. The number of nitrogens with zero attached hydrogens (tertiary/aromatic N) is 2. The Hall–Kier alpha value is -3.29. The predicted octanol–water partition coefficient (Wildman–Crippen LogP) is 2.03. The van der Waals surface area contributed by atoms with Gasteiger partial charge in [0.25, 0.3) is 5.69 Å². The molecule has 0 saturated carbocycles. The van der Waals surface area contributed by atoms with Crippen molar-refractivity contribution in [2.24, 2.45) is 10.9 Å². The van der Waals surface area contributed by atoms with E-state index in [1.165, 1.54) is 44.6 Å². The third kappa shape index (κ3) is 3.15. The molecule has 0 aliphatic rings. The maximum atomic E-state index is 10.7. The molecule has 0 fully saturated rings. The van der Waals surface area contributed by atoms with Gasteiger partial charge in [-0.2, -0.15) is 5.10 Å². The van der Waals surface area contributed by atoms with Gasteiger partial charge >= 0.3 is 0 Å². The van der Waals surface area contributed by atoms with E-state index < -0.39 is 4.92 Å². The summed E-state index contributed by atoms with van der Waals surface area (Å²) in [5.41, 5.74) is 0.939. The van der Waals surface area contributed by atoms with Gasteiger partial charge in [-0.3, -0.25) is 10.1 Å². The first kappa shape index (κ1) is 16.1. The van der Waals surface area contributed by atoms with Crippen molar-refractivity contribution in [2.45, 2.75) is 0 Å². The highest BCUT2D eigenvalue weighted by atomic mass is 16.6. The largest absolute Gasteiger partial charge is 0.507 e. The standard InChI is InChI=1S/C15H15N3O5/c1-22-11-7-12(19)14(13(8-11)23-2)15(17-16)9-3-5-10(6-4-9)18(20)21/h3-8,19H,16H2,1-2H3/b17-15-. The number of benzene rings is 2. The van der Waals surface area contributed by atoms with Gasteiger partial charge < -0.3 is 20.4 Å². The fraction of sp³-hybridized carbons (Fsp3) is 0.133. The number of hydrazone groups is 1. The van der Waals surface area contributed by atoms with E-state index in [4.69, 9.17) is 15.3 Å². The van der Waals surface area contributed by atoms with Crippen LogP contribution in [0.2, 0.25) is 0 Å². The van der Waals surface area contributed by atoms with Crippen molar-refractivity contribution in [1.82, 2.24) is 0 Å². The SMILES string of the molecule is COc1cc(O)c(/C(=N\N)c2ccc([N+](=O)[O-])cc2)c(OC)c1. The summed E-state index contributed by atoms with van der Waals surface area (Å²) in [6.45, 7) is 0. The van der Waals surface area contributed by atoms with E-state index >= 15 is 0 Å². The fourth-order valence-corrected chi connectivity index (χ4v) is 2.12. The Labute approximate surface area is 131 Å². The van der Waals surface area contributed by atoms with Crippen LogP contribution >= 0.6 is 0 Å². The molecule has 8 nitrogen and oxygen atoms in total. The summed E-state index contributed by atoms with van der Waals surface area (Å²) in [4.78, 5) is 10.2. The Morgan fingerprint density at radius 2 is 1.87 bits per heavy atom. The first-order chi connectivity index (χ1) is 11.0. The Morgan fingerprint density at radius 1 is 1.22 bits per heavy atom. The van der Waals surface area contributed by atoms with Crippen molar-refractivity contribution in [1.29, 1.82) is 0 Å². The maximum Gasteiger partial charge on any atom is 0.269 e. The van der Waals surface area contributed by atoms with Gasteiger partial charge in [0.2, 0.25) is 0 Å². The zero-order valence-electron chi connectivity index (χ0n) is 12.5. The number of nitrogens with two attached hydrogens (primary N) is 1. The number of hydrogen-bond donors (Lipinski definition) is 2. The van der Waals surface area contributed by atoms with Crippen LogP contribution in [0.4, 0.5) is 5.69 Å². The third-order valence-electron chi connectivity index (χ3n) is 3.23. The van der Waals surface area contributed by atoms with Gasteiger partial charge in [-0.1, -0.05) is 0 Å². The Morgan fingerprint density at radius 3 is 2.35 bits per heavy atom. The zero-order valence-corrected chi connectivity index (χ0v) is 12.5. The van der Waals surface area contributed by atoms with Crippen molar-refractivity contribution in [3.8, 4) is 17.2 Å². The van der Waals surface area contributed by atoms with Crippen LogP contribution < -0.4 is 15.3 Å². The molecule has 0 amide bonds. The lowest BCUT2D eigenvalue weighted by Crippen LogP contribution is -2.09. The normalized spacial score (nSPS) is 11.1. The first-order valence-electron chi connectivity index (χ1n) is 6.49. The summed E-state index contributed by atoms with van der Waals surface area (Å²) in [5, 5.41) is 24.7. The van der Waals surface area contributed by atoms with Crippen LogP contribution in [0.1, 0.15) is 11.1 Å². The molecule has 0 bridgehead atoms. The van der Waals surface area contributed by atoms with E-state index in [9.17, 15) is 15.2 Å². The molecule has 0 spiro atoms. The van der Waals surface area contributed by atoms with Crippen LogP contribution in [-0.2, 0) is 0 Å². The van der Waals surface area contributed by atoms with Crippen molar-refractivity contribution in [3.63, 3.8) is 0 Å². The molecule has 0 unspecified atom stereocenters. The molecule has 0 aliphatic carbocycles. The van der Waals surface area contributed by atoms with Gasteiger partial charge in [0.05, 0.1) is 24.7 Å². The van der Waals surface area contributed by atoms with E-state index in [1.54, 1.807) is 6.07 Å². The molecule has 0 radical (unpaired) electrons. The van der Waals surface area contributed by atoms with Gasteiger partial charge in [0.15, 0.2) is 0 Å². The number of ether oxygens (including phenoxy) is 2. The molecule has 0 aliphatic heterocycles. The average molecular weight is 317 g/mol. The van der Waals surface area contributed by atoms with Gasteiger partial charge in [0.1, 0.15) is 23.0 Å². The topological polar surface area (TPSA) is 120 Å². The lowest BCUT2D eigenvalue weighted by atomic mass is 10.00. The van der Waals surface area contributed by atoms with Crippen LogP contribution in [0, 0.1) is 10.1 Å². The Bertz CT molecular complexity index is 756. The zero-order chi connectivity index (χ0) is 17.0. The highest BCUT2D eigenvalue weighted by Crippen LogP contribution is 2.35. The molecule has 0 atom stereocenters. The summed E-state index contributed by atoms with van der Waals surface area (Å²) in [6, 6.07) is 8.61. The smallest absolute Gasteiger partial charge is 0.269 e. The van der Waals surface area contributed by atoms with E-state index in [0.717, 1.165) is 0 Å². The summed E-state index contributed by atoms with van der Waals surface area (Å²) < 4.78 is 10.3. The number of nitro benzene ring substituents is 1. The molecule has 120 valence electrons. The van der Waals surface area contributed by atoms with Gasteiger partial charge in [-0.05, 0) is 12.1 Å². The quantitative estimate of drug-likeness (QED) is 0.377. The van der Waals surface area contributed by atoms with Crippen LogP contribution in [0.15, 0.2) is 41.5 Å². The molecule has 3 N–H and O–H groups in total. The number of nitro groups is 1. The molecule has 8 heteroatoms. The average Bonchev–Trinajstić information content (AvgIpc) is 2.56. The second kappa shape index (κ2) is 6.65. The minimum Gasteiger partial charge on any atom is -0.507 e. The molecule has 0 heterocycles. The number of aromatic hydroxyl groups is 1. The summed E-state index contributed by atoms with van der Waals surface area (Å²) in [7, 11) is 2.89. The molecular weight excluding hydrogens is 302 g/mol. The third-order valence-corrected chi connectivity index (χ3v) is 3.23. The van der Waals surface area contributed by atoms with Gasteiger partial charge in [0, 0.05) is 29.8 Å². The maximum absolute atomic E-state index is 10.7. The van der Waals surface area contributed by atoms with Crippen LogP contribution in [-0.4, -0.2) is 30.0 Å². The van der Waals surface area contributed by atoms with Crippen molar-refractivity contribution in [3.05, 3.63) is 57.6 Å². The Balaban J connectivity index is 2.56. The highest BCUT2D eigenvalue weighted by Gasteiger charge is 2.20. The monoisotopic (exact) mass is 317 g/mol. The minimum atomic E-state index is -0.505. The summed E-state index contributed by atoms with van der Waals surface area (Å²) >= 11 is 0. The van der Waals surface area contributed by atoms with E-state index in [-0.39, 0.29) is 22.7 Å². The van der Waals surface area contributed by atoms with E-state index in [1.807, 2.05) is 0 Å². The number of non-ortho nitro benzene ring substituents is 1. The van der Waals surface area contributed by atoms with Crippen molar-refractivity contribution >= 4 is 11.4 Å². The lowest BCUT2D eigenvalue weighted by molar-refractivity contribution is -0.384. The minimum absolute atomic E-state index is 0.0592. The first-order valence-corrected chi connectivity index (χ1v) is 6.49. The molecule has 2 aromatic rings. The van der Waals surface area contributed by atoms with Crippen molar-refractivity contribution in [2.75, 3.05) is 14.2 Å². The van der Waals surface area contributed by atoms with Gasteiger partial charge in [-0.25, -0.2) is 0 Å². The second-order valence-electron chi connectivity index (χ2n) is 4.51. The van der Waals surface area contributed by atoms with Crippen LogP contribution in [0.3, 0.4) is 0 Å². The summed E-state index contributed by atoms with van der Waals surface area (Å²) in [6.07, 6.45) is 0. The lowest BCUT2D eigenvalue weighted by Gasteiger charge is -2.14. The number of hydrogen-bond acceptors (Lipinski definition) is 7. The second-order valence-corrected chi connectivity index (χ2v) is 4.51. The molecule has 23 heavy (non-hydrogen) atoms. The predicted molar refractivity (Wildman–Crippen MR) is 84.1 cm³/mol. The van der Waals surface area contributed by atoms with E-state index in [2.05, 4.69) is 5.10 Å². The van der Waals surface area contributed by atoms with E-state index in [0.29, 0.717) is 17.1 Å². The molecule has 2 rings (SSSR count). The summed E-state index contributed by atoms with van der Waals surface area (Å²) in [5.74, 6) is 6.03.